The summed E-state index contributed by atoms with van der Waals surface area (Å²) in [6.45, 7) is 19.9. The van der Waals surface area contributed by atoms with Crippen molar-refractivity contribution in [3.8, 4) is 6.07 Å². The van der Waals surface area contributed by atoms with Crippen LogP contribution in [0.25, 0.3) is 5.57 Å². The number of rotatable bonds is 6. The molecule has 3 nitrogen and oxygen atoms in total. The van der Waals surface area contributed by atoms with E-state index in [-0.39, 0.29) is 22.7 Å². The van der Waals surface area contributed by atoms with Crippen LogP contribution < -0.4 is 0 Å². The topological polar surface area (TPSA) is 53.2 Å². The largest absolute Gasteiger partial charge is 0.295 e. The molecule has 0 unspecified atom stereocenters. The molecule has 2 aliphatic rings. The highest BCUT2D eigenvalue weighted by atomic mass is 19.3. The summed E-state index contributed by atoms with van der Waals surface area (Å²) in [6.07, 6.45) is 15.8. The lowest BCUT2D eigenvalue weighted by molar-refractivity contribution is -0.113. The molecule has 0 bridgehead atoms. The summed E-state index contributed by atoms with van der Waals surface area (Å²) in [5.74, 6) is -3.38. The van der Waals surface area contributed by atoms with Gasteiger partial charge >= 0.3 is 0 Å². The maximum atomic E-state index is 14.4. The minimum absolute atomic E-state index is 0.00661. The second-order valence-electron chi connectivity index (χ2n) is 8.54. The molecule has 3 rings (SSSR count). The first-order valence-corrected chi connectivity index (χ1v) is 14.8. The number of aliphatic imine (C=N–C) groups is 1. The van der Waals surface area contributed by atoms with E-state index in [0.717, 1.165) is 25.3 Å². The Bertz CT molecular complexity index is 1260. The van der Waals surface area contributed by atoms with E-state index >= 15 is 0 Å². The molecule has 230 valence electrons. The number of nitrogens with zero attached hydrogens (tertiary/aromatic N) is 2. The van der Waals surface area contributed by atoms with Crippen LogP contribution in [0.1, 0.15) is 105 Å². The number of halogens is 3. The zero-order valence-electron chi connectivity index (χ0n) is 27.3. The number of aryl methyl sites for hydroxylation is 1. The van der Waals surface area contributed by atoms with Gasteiger partial charge in [-0.15, -0.1) is 0 Å². The Hall–Kier alpha value is -3.72. The zero-order chi connectivity index (χ0) is 32.9. The van der Waals surface area contributed by atoms with E-state index in [0.29, 0.717) is 34.4 Å². The van der Waals surface area contributed by atoms with Gasteiger partial charge in [0.25, 0.3) is 5.92 Å². The maximum Gasteiger partial charge on any atom is 0.271 e. The van der Waals surface area contributed by atoms with E-state index in [1.807, 2.05) is 72.8 Å². The second kappa shape index (κ2) is 22.0. The number of Topliss-reactive ketones (excluding diaryl/α,β-unsaturated/α-hetero) is 1. The Morgan fingerprint density at radius 2 is 1.57 bits per heavy atom. The lowest BCUT2D eigenvalue weighted by atomic mass is 9.88. The monoisotopic (exact) mass is 582 g/mol. The third-order valence-corrected chi connectivity index (χ3v) is 5.70. The van der Waals surface area contributed by atoms with Crippen molar-refractivity contribution in [2.45, 2.75) is 101 Å². The van der Waals surface area contributed by atoms with Crippen LogP contribution in [0.3, 0.4) is 0 Å². The number of hydrogen-bond acceptors (Lipinski definition) is 3. The van der Waals surface area contributed by atoms with Gasteiger partial charge < -0.3 is 0 Å². The third kappa shape index (κ3) is 12.9. The van der Waals surface area contributed by atoms with Crippen molar-refractivity contribution in [2.75, 3.05) is 0 Å². The van der Waals surface area contributed by atoms with Crippen LogP contribution in [0, 0.1) is 18.3 Å². The summed E-state index contributed by atoms with van der Waals surface area (Å²) in [7, 11) is 0. The summed E-state index contributed by atoms with van der Waals surface area (Å²) in [5.41, 5.74) is 4.15. The fourth-order valence-electron chi connectivity index (χ4n) is 3.82. The van der Waals surface area contributed by atoms with Gasteiger partial charge in [-0.2, -0.15) is 5.26 Å². The van der Waals surface area contributed by atoms with Gasteiger partial charge in [-0.05, 0) is 86.6 Å². The molecule has 0 spiro atoms. The molecular formula is C36H49F3N2O. The Kier molecular flexibility index (Phi) is 21.1. The average molecular weight is 583 g/mol. The first kappa shape index (κ1) is 40.4. The fourth-order valence-corrected chi connectivity index (χ4v) is 3.82. The molecule has 6 heteroatoms. The highest BCUT2D eigenvalue weighted by Gasteiger charge is 2.31. The van der Waals surface area contributed by atoms with E-state index < -0.39 is 5.92 Å². The molecule has 0 N–H and O–H groups in total. The zero-order valence-corrected chi connectivity index (χ0v) is 27.3. The van der Waals surface area contributed by atoms with Gasteiger partial charge in [0.15, 0.2) is 5.78 Å². The molecule has 0 atom stereocenters. The van der Waals surface area contributed by atoms with Crippen molar-refractivity contribution in [3.63, 3.8) is 0 Å². The molecule has 2 aliphatic carbocycles. The van der Waals surface area contributed by atoms with Crippen molar-refractivity contribution in [1.29, 1.82) is 5.26 Å². The Morgan fingerprint density at radius 3 is 2.00 bits per heavy atom. The van der Waals surface area contributed by atoms with Gasteiger partial charge in [-0.25, -0.2) is 13.2 Å². The summed E-state index contributed by atoms with van der Waals surface area (Å²) in [5, 5.41) is 8.26. The Balaban J connectivity index is 0. The summed E-state index contributed by atoms with van der Waals surface area (Å²) >= 11 is 0. The van der Waals surface area contributed by atoms with Gasteiger partial charge in [-0.1, -0.05) is 78.0 Å². The molecular weight excluding hydrogens is 533 g/mol. The number of alkyl halides is 2. The molecule has 0 aliphatic heterocycles. The highest BCUT2D eigenvalue weighted by molar-refractivity contribution is 5.97. The second-order valence-corrected chi connectivity index (χ2v) is 8.54. The van der Waals surface area contributed by atoms with Gasteiger partial charge in [0, 0.05) is 25.1 Å². The molecule has 0 heterocycles. The summed E-state index contributed by atoms with van der Waals surface area (Å²) in [4.78, 5) is 16.0. The van der Waals surface area contributed by atoms with E-state index in [1.54, 1.807) is 44.3 Å². The van der Waals surface area contributed by atoms with Crippen LogP contribution in [0.5, 0.6) is 0 Å². The number of allylic oxidation sites excluding steroid dienone is 12. The van der Waals surface area contributed by atoms with E-state index in [2.05, 4.69) is 4.99 Å². The smallest absolute Gasteiger partial charge is 0.271 e. The van der Waals surface area contributed by atoms with E-state index in [4.69, 9.17) is 5.26 Å². The first-order chi connectivity index (χ1) is 20.0. The van der Waals surface area contributed by atoms with Crippen molar-refractivity contribution in [3.05, 3.63) is 93.9 Å². The normalized spacial score (nSPS) is 14.3. The molecule has 1 aromatic rings. The lowest BCUT2D eigenvalue weighted by Gasteiger charge is -2.21. The molecule has 42 heavy (non-hydrogen) atoms. The Labute approximate surface area is 252 Å². The van der Waals surface area contributed by atoms with Crippen LogP contribution in [-0.4, -0.2) is 12.0 Å². The van der Waals surface area contributed by atoms with Crippen molar-refractivity contribution in [2.24, 2.45) is 4.99 Å². The molecule has 0 amide bonds. The van der Waals surface area contributed by atoms with Crippen LogP contribution in [-0.2, 0) is 10.7 Å². The first-order valence-electron chi connectivity index (χ1n) is 14.8. The van der Waals surface area contributed by atoms with Crippen molar-refractivity contribution < 1.29 is 18.0 Å². The third-order valence-electron chi connectivity index (χ3n) is 5.70. The number of nitriles is 1. The molecule has 0 radical (unpaired) electrons. The summed E-state index contributed by atoms with van der Waals surface area (Å²) < 4.78 is 41.3. The predicted molar refractivity (Wildman–Crippen MR) is 175 cm³/mol. The van der Waals surface area contributed by atoms with E-state index in [1.165, 1.54) is 19.1 Å². The standard InChI is InChI=1S/C23H25F2NO.C7H6FN.3C2H6/c1-6-8-9-19(18-11-10-17(13-18)16(4)27)20-14-22(26-7-2)15(3)12-21(20)23(5,24)25;8-7-4-2-1-3-6(7)5-9;3*1-2/h6-12,14H,13H2,1-5H3;3-4H,1-2H2;3*1-2H3/b8-6-,19-9+,26-7?;;;;. The van der Waals surface area contributed by atoms with E-state index in [9.17, 15) is 18.0 Å². The SMILES string of the molecule is CC.CC.CC.CC=Nc1cc(/C(=C/C=C\C)C2=CC=C(C(C)=O)C2)c(C(C)(F)F)cc1C.N#CC1=CCCC=C1F. The van der Waals surface area contributed by atoms with Crippen molar-refractivity contribution >= 4 is 23.3 Å². The minimum Gasteiger partial charge on any atom is -0.295 e. The number of benzene rings is 1. The minimum atomic E-state index is -3.00. The number of hydrogen-bond donors (Lipinski definition) is 0. The molecule has 1 aromatic carbocycles. The van der Waals surface area contributed by atoms with Crippen molar-refractivity contribution in [1.82, 2.24) is 0 Å². The summed E-state index contributed by atoms with van der Waals surface area (Å²) in [6, 6.07) is 4.99. The van der Waals surface area contributed by atoms with Gasteiger partial charge in [0.1, 0.15) is 11.9 Å². The Morgan fingerprint density at radius 1 is 1.00 bits per heavy atom. The lowest BCUT2D eigenvalue weighted by Crippen LogP contribution is -2.12. The molecule has 0 saturated heterocycles. The van der Waals surface area contributed by atoms with Gasteiger partial charge in [0.05, 0.1) is 11.3 Å². The van der Waals surface area contributed by atoms with Crippen LogP contribution in [0.15, 0.2) is 82.2 Å². The predicted octanol–water partition coefficient (Wildman–Crippen LogP) is 11.8. The molecule has 0 saturated carbocycles. The number of carbonyl (C=O) groups excluding carboxylic acids is 1. The van der Waals surface area contributed by atoms with Crippen LogP contribution in [0.4, 0.5) is 18.9 Å². The van der Waals surface area contributed by atoms with Gasteiger partial charge in [0.2, 0.25) is 0 Å². The number of carbonyl (C=O) groups is 1. The quantitative estimate of drug-likeness (QED) is 0.247. The fraction of sp³-hybridized carbons (Fsp3) is 0.417. The number of ketones is 1. The molecule has 0 aromatic heterocycles. The average Bonchev–Trinajstić information content (AvgIpc) is 3.48. The van der Waals surface area contributed by atoms with Crippen LogP contribution >= 0.6 is 0 Å². The maximum absolute atomic E-state index is 14.4. The molecule has 0 fully saturated rings. The highest BCUT2D eigenvalue weighted by Crippen LogP contribution is 2.41. The van der Waals surface area contributed by atoms with Crippen LogP contribution in [0.2, 0.25) is 0 Å². The van der Waals surface area contributed by atoms with Gasteiger partial charge in [-0.3, -0.25) is 9.79 Å².